The van der Waals surface area contributed by atoms with Gasteiger partial charge >= 0.3 is 11.2 Å². The Labute approximate surface area is 129 Å². The maximum absolute atomic E-state index is 11.5. The summed E-state index contributed by atoms with van der Waals surface area (Å²) in [5.74, 6) is 0.313. The summed E-state index contributed by atoms with van der Waals surface area (Å²) in [5.41, 5.74) is -1.26. The van der Waals surface area contributed by atoms with Crippen molar-refractivity contribution in [1.29, 1.82) is 0 Å². The standard InChI is InChI=1S/C14H11N3O6/c18-13-12(17(20)21)14(19)16-11(15-13)4-2-8-1-3-9-10(7-8)23-6-5-22-9/h1-4,7H,5-6H2,(H2,15,16,18,19). The molecule has 0 aliphatic carbocycles. The summed E-state index contributed by atoms with van der Waals surface area (Å²) >= 11 is 0. The Balaban J connectivity index is 1.88. The lowest BCUT2D eigenvalue weighted by Crippen LogP contribution is -2.15. The fourth-order valence-electron chi connectivity index (χ4n) is 2.05. The summed E-state index contributed by atoms with van der Waals surface area (Å²) in [6, 6.07) is 5.26. The van der Waals surface area contributed by atoms with Crippen molar-refractivity contribution in [1.82, 2.24) is 9.97 Å². The molecule has 2 aromatic rings. The number of hydrogen-bond donors (Lipinski definition) is 2. The Morgan fingerprint density at radius 2 is 2.00 bits per heavy atom. The van der Waals surface area contributed by atoms with E-state index >= 15 is 0 Å². The molecule has 0 amide bonds. The zero-order valence-corrected chi connectivity index (χ0v) is 11.7. The van der Waals surface area contributed by atoms with Crippen LogP contribution in [0.25, 0.3) is 12.2 Å². The lowest BCUT2D eigenvalue weighted by atomic mass is 10.2. The van der Waals surface area contributed by atoms with Crippen LogP contribution in [0, 0.1) is 10.1 Å². The van der Waals surface area contributed by atoms with Gasteiger partial charge in [-0.25, -0.2) is 0 Å². The lowest BCUT2D eigenvalue weighted by Gasteiger charge is -2.18. The number of hydrogen-bond acceptors (Lipinski definition) is 7. The van der Waals surface area contributed by atoms with Gasteiger partial charge < -0.3 is 19.6 Å². The maximum atomic E-state index is 11.5. The quantitative estimate of drug-likeness (QED) is 0.645. The van der Waals surface area contributed by atoms with E-state index in [-0.39, 0.29) is 5.82 Å². The summed E-state index contributed by atoms with van der Waals surface area (Å²) in [6.07, 6.45) is 3.03. The summed E-state index contributed by atoms with van der Waals surface area (Å²) in [4.78, 5) is 27.0. The predicted molar refractivity (Wildman–Crippen MR) is 79.5 cm³/mol. The molecular formula is C14H11N3O6. The molecule has 2 heterocycles. The fraction of sp³-hybridized carbons (Fsp3) is 0.143. The van der Waals surface area contributed by atoms with Crippen LogP contribution >= 0.6 is 0 Å². The molecule has 0 bridgehead atoms. The monoisotopic (exact) mass is 317 g/mol. The first kappa shape index (κ1) is 14.6. The number of nitrogens with one attached hydrogen (secondary N) is 1. The van der Waals surface area contributed by atoms with E-state index in [1.165, 1.54) is 6.08 Å². The molecule has 118 valence electrons. The average Bonchev–Trinajstić information content (AvgIpc) is 2.51. The molecule has 0 saturated carbocycles. The van der Waals surface area contributed by atoms with Crippen LogP contribution in [-0.2, 0) is 0 Å². The van der Waals surface area contributed by atoms with E-state index in [9.17, 15) is 20.0 Å². The molecule has 1 aromatic heterocycles. The Morgan fingerprint density at radius 1 is 1.26 bits per heavy atom. The molecule has 9 nitrogen and oxygen atoms in total. The van der Waals surface area contributed by atoms with Gasteiger partial charge in [0.2, 0.25) is 0 Å². The molecule has 2 N–H and O–H groups in total. The molecule has 0 radical (unpaired) electrons. The lowest BCUT2D eigenvalue weighted by molar-refractivity contribution is -0.387. The first-order valence-electron chi connectivity index (χ1n) is 6.60. The van der Waals surface area contributed by atoms with Crippen LogP contribution in [0.3, 0.4) is 0 Å². The van der Waals surface area contributed by atoms with Crippen LogP contribution in [0.2, 0.25) is 0 Å². The van der Waals surface area contributed by atoms with Gasteiger partial charge in [0.25, 0.3) is 5.88 Å². The molecular weight excluding hydrogens is 306 g/mol. The third-order valence-electron chi connectivity index (χ3n) is 3.08. The number of rotatable bonds is 3. The van der Waals surface area contributed by atoms with E-state index in [2.05, 4.69) is 9.97 Å². The van der Waals surface area contributed by atoms with Crippen LogP contribution in [-0.4, -0.2) is 33.2 Å². The second-order valence-corrected chi connectivity index (χ2v) is 4.62. The summed E-state index contributed by atoms with van der Waals surface area (Å²) in [5, 5.41) is 20.1. The van der Waals surface area contributed by atoms with E-state index < -0.39 is 22.0 Å². The molecule has 1 aromatic carbocycles. The second-order valence-electron chi connectivity index (χ2n) is 4.62. The third kappa shape index (κ3) is 2.98. The van der Waals surface area contributed by atoms with Crippen LogP contribution in [0.1, 0.15) is 11.4 Å². The van der Waals surface area contributed by atoms with Gasteiger partial charge in [-0.05, 0) is 23.8 Å². The van der Waals surface area contributed by atoms with Gasteiger partial charge in [0.05, 0.1) is 4.92 Å². The minimum absolute atomic E-state index is 0.00649. The van der Waals surface area contributed by atoms with Gasteiger partial charge in [-0.15, -0.1) is 0 Å². The van der Waals surface area contributed by atoms with E-state index in [4.69, 9.17) is 9.47 Å². The Morgan fingerprint density at radius 3 is 2.70 bits per heavy atom. The van der Waals surface area contributed by atoms with Gasteiger partial charge in [-0.1, -0.05) is 12.1 Å². The average molecular weight is 317 g/mol. The number of aromatic nitrogens is 2. The Bertz CT molecular complexity index is 858. The smallest absolute Gasteiger partial charge is 0.395 e. The van der Waals surface area contributed by atoms with Crippen LogP contribution in [0.15, 0.2) is 23.0 Å². The molecule has 0 unspecified atom stereocenters. The molecule has 3 rings (SSSR count). The zero-order valence-electron chi connectivity index (χ0n) is 11.7. The molecule has 0 fully saturated rings. The Kier molecular flexibility index (Phi) is 3.67. The van der Waals surface area contributed by atoms with Crippen molar-refractivity contribution in [2.24, 2.45) is 0 Å². The number of nitro groups is 1. The highest BCUT2D eigenvalue weighted by Crippen LogP contribution is 2.31. The van der Waals surface area contributed by atoms with E-state index in [0.29, 0.717) is 24.7 Å². The zero-order chi connectivity index (χ0) is 16.4. The number of ether oxygens (including phenoxy) is 2. The number of aromatic hydroxyl groups is 1. The first-order chi connectivity index (χ1) is 11.0. The van der Waals surface area contributed by atoms with Crippen molar-refractivity contribution in [3.05, 3.63) is 50.1 Å². The molecule has 9 heteroatoms. The van der Waals surface area contributed by atoms with E-state index in [1.54, 1.807) is 24.3 Å². The van der Waals surface area contributed by atoms with Crippen molar-refractivity contribution in [2.45, 2.75) is 0 Å². The number of fused-ring (bicyclic) bond motifs is 1. The Hall–Kier alpha value is -3.36. The van der Waals surface area contributed by atoms with Crippen molar-refractivity contribution in [3.8, 4) is 17.4 Å². The highest BCUT2D eigenvalue weighted by molar-refractivity contribution is 5.68. The van der Waals surface area contributed by atoms with Gasteiger partial charge in [0.15, 0.2) is 11.5 Å². The van der Waals surface area contributed by atoms with Gasteiger partial charge in [-0.2, -0.15) is 4.98 Å². The topological polar surface area (TPSA) is 128 Å². The highest BCUT2D eigenvalue weighted by atomic mass is 16.6. The van der Waals surface area contributed by atoms with E-state index in [0.717, 1.165) is 5.56 Å². The molecule has 1 aliphatic heterocycles. The molecule has 23 heavy (non-hydrogen) atoms. The SMILES string of the molecule is O=c1[nH]c(C=Cc2ccc3c(c2)OCCO3)nc(O)c1[N+](=O)[O-]. The number of aromatic amines is 1. The first-order valence-corrected chi connectivity index (χ1v) is 6.60. The van der Waals surface area contributed by atoms with Gasteiger partial charge in [0, 0.05) is 0 Å². The molecule has 1 aliphatic rings. The summed E-state index contributed by atoms with van der Waals surface area (Å²) in [6.45, 7) is 0.959. The fourth-order valence-corrected chi connectivity index (χ4v) is 2.05. The number of nitrogens with zero attached hydrogens (tertiary/aromatic N) is 2. The summed E-state index contributed by atoms with van der Waals surface area (Å²) in [7, 11) is 0. The van der Waals surface area contributed by atoms with Crippen molar-refractivity contribution in [2.75, 3.05) is 13.2 Å². The van der Waals surface area contributed by atoms with Gasteiger partial charge in [-0.3, -0.25) is 14.9 Å². The number of H-pyrrole nitrogens is 1. The third-order valence-corrected chi connectivity index (χ3v) is 3.08. The van der Waals surface area contributed by atoms with Crippen molar-refractivity contribution in [3.63, 3.8) is 0 Å². The molecule has 0 saturated heterocycles. The highest BCUT2D eigenvalue weighted by Gasteiger charge is 2.21. The van der Waals surface area contributed by atoms with Gasteiger partial charge in [0.1, 0.15) is 19.0 Å². The minimum Gasteiger partial charge on any atom is -0.488 e. The van der Waals surface area contributed by atoms with E-state index in [1.807, 2.05) is 0 Å². The minimum atomic E-state index is -1.02. The summed E-state index contributed by atoms with van der Waals surface area (Å²) < 4.78 is 10.9. The largest absolute Gasteiger partial charge is 0.488 e. The van der Waals surface area contributed by atoms with Crippen molar-refractivity contribution < 1.29 is 19.5 Å². The van der Waals surface area contributed by atoms with Crippen LogP contribution < -0.4 is 15.0 Å². The van der Waals surface area contributed by atoms with Crippen LogP contribution in [0.4, 0.5) is 5.69 Å². The van der Waals surface area contributed by atoms with Crippen molar-refractivity contribution >= 4 is 17.8 Å². The normalized spacial score (nSPS) is 13.2. The van der Waals surface area contributed by atoms with Crippen LogP contribution in [0.5, 0.6) is 17.4 Å². The maximum Gasteiger partial charge on any atom is 0.395 e. The molecule has 0 atom stereocenters. The molecule has 0 spiro atoms. The predicted octanol–water partition coefficient (Wildman–Crippen LogP) is 1.33. The number of benzene rings is 1. The second kappa shape index (κ2) is 5.79.